The van der Waals surface area contributed by atoms with Gasteiger partial charge in [0, 0.05) is 18.0 Å². The standard InChI is InChI=1S/C18H14FN3O6/c1-3-28-18(24)13-9-21(11-6-4-10(19)5-7-11)16-12(15(13)23)8-14(22(25)26)17(20-16)27-2/h4-9H,3H2,1-2H3. The summed E-state index contributed by atoms with van der Waals surface area (Å²) in [6.45, 7) is 1.61. The lowest BCUT2D eigenvalue weighted by Crippen LogP contribution is -2.21. The van der Waals surface area contributed by atoms with Crippen molar-refractivity contribution in [2.45, 2.75) is 6.92 Å². The fraction of sp³-hybridized carbons (Fsp3) is 0.167. The highest BCUT2D eigenvalue weighted by Gasteiger charge is 2.24. The number of nitrogens with zero attached hydrogens (tertiary/aromatic N) is 3. The number of hydrogen-bond donors (Lipinski definition) is 0. The molecule has 0 bridgehead atoms. The molecule has 9 nitrogen and oxygen atoms in total. The maximum atomic E-state index is 13.3. The Morgan fingerprint density at radius 1 is 1.32 bits per heavy atom. The number of esters is 1. The molecule has 1 aromatic carbocycles. The Kier molecular flexibility index (Phi) is 5.03. The number of ether oxygens (including phenoxy) is 2. The van der Waals surface area contributed by atoms with Gasteiger partial charge in [0.05, 0.1) is 24.0 Å². The third-order valence-corrected chi connectivity index (χ3v) is 3.91. The third-order valence-electron chi connectivity index (χ3n) is 3.91. The fourth-order valence-corrected chi connectivity index (χ4v) is 2.66. The molecule has 144 valence electrons. The van der Waals surface area contributed by atoms with Crippen LogP contribution in [0.3, 0.4) is 0 Å². The molecular weight excluding hydrogens is 373 g/mol. The smallest absolute Gasteiger partial charge is 0.343 e. The van der Waals surface area contributed by atoms with Crippen LogP contribution < -0.4 is 10.2 Å². The van der Waals surface area contributed by atoms with Crippen molar-refractivity contribution in [1.29, 1.82) is 0 Å². The van der Waals surface area contributed by atoms with Gasteiger partial charge in [-0.15, -0.1) is 0 Å². The Morgan fingerprint density at radius 2 is 2.00 bits per heavy atom. The zero-order chi connectivity index (χ0) is 20.4. The van der Waals surface area contributed by atoms with Gasteiger partial charge in [-0.25, -0.2) is 9.18 Å². The number of fused-ring (bicyclic) bond motifs is 1. The lowest BCUT2D eigenvalue weighted by atomic mass is 10.1. The first-order valence-electron chi connectivity index (χ1n) is 8.09. The summed E-state index contributed by atoms with van der Waals surface area (Å²) in [6.07, 6.45) is 1.20. The second-order valence-corrected chi connectivity index (χ2v) is 5.58. The first kappa shape index (κ1) is 19.0. The van der Waals surface area contributed by atoms with Gasteiger partial charge >= 0.3 is 11.7 Å². The molecule has 0 saturated carbocycles. The number of carbonyl (C=O) groups is 1. The van der Waals surface area contributed by atoms with Crippen molar-refractivity contribution in [3.05, 3.63) is 68.2 Å². The maximum Gasteiger partial charge on any atom is 0.343 e. The van der Waals surface area contributed by atoms with E-state index in [1.54, 1.807) is 6.92 Å². The Hall–Kier alpha value is -3.82. The SMILES string of the molecule is CCOC(=O)c1cn(-c2ccc(F)cc2)c2nc(OC)c([N+](=O)[O-])cc2c1=O. The van der Waals surface area contributed by atoms with E-state index in [1.165, 1.54) is 42.1 Å². The third kappa shape index (κ3) is 3.27. The monoisotopic (exact) mass is 387 g/mol. The molecule has 10 heteroatoms. The van der Waals surface area contributed by atoms with Crippen LogP contribution in [-0.4, -0.2) is 34.2 Å². The van der Waals surface area contributed by atoms with Crippen LogP contribution in [0.15, 0.2) is 41.3 Å². The second kappa shape index (κ2) is 7.43. The molecule has 0 aliphatic heterocycles. The maximum absolute atomic E-state index is 13.3. The normalized spacial score (nSPS) is 10.7. The molecule has 3 rings (SSSR count). The van der Waals surface area contributed by atoms with Crippen molar-refractivity contribution >= 4 is 22.7 Å². The van der Waals surface area contributed by atoms with E-state index < -0.39 is 27.8 Å². The van der Waals surface area contributed by atoms with Gasteiger partial charge in [0.1, 0.15) is 11.4 Å². The Bertz CT molecular complexity index is 1140. The largest absolute Gasteiger partial charge is 0.476 e. The molecule has 2 heterocycles. The first-order valence-corrected chi connectivity index (χ1v) is 8.09. The molecule has 2 aromatic heterocycles. The van der Waals surface area contributed by atoms with E-state index in [9.17, 15) is 24.1 Å². The van der Waals surface area contributed by atoms with Crippen molar-refractivity contribution in [2.75, 3.05) is 13.7 Å². The van der Waals surface area contributed by atoms with Gasteiger partial charge in [0.25, 0.3) is 5.88 Å². The average Bonchev–Trinajstić information content (AvgIpc) is 2.68. The van der Waals surface area contributed by atoms with Crippen LogP contribution in [0.5, 0.6) is 5.88 Å². The summed E-state index contributed by atoms with van der Waals surface area (Å²) in [5.41, 5.74) is -1.25. The molecule has 0 atom stereocenters. The van der Waals surface area contributed by atoms with E-state index in [2.05, 4.69) is 4.98 Å². The first-order chi connectivity index (χ1) is 13.4. The number of aromatic nitrogens is 2. The van der Waals surface area contributed by atoms with Crippen molar-refractivity contribution in [2.24, 2.45) is 0 Å². The van der Waals surface area contributed by atoms with Gasteiger partial charge in [-0.3, -0.25) is 14.9 Å². The number of pyridine rings is 2. The minimum atomic E-state index is -0.885. The van der Waals surface area contributed by atoms with Crippen LogP contribution in [0.1, 0.15) is 17.3 Å². The van der Waals surface area contributed by atoms with Crippen LogP contribution >= 0.6 is 0 Å². The molecule has 28 heavy (non-hydrogen) atoms. The minimum Gasteiger partial charge on any atom is -0.476 e. The predicted octanol–water partition coefficient (Wildman–Crippen LogP) is 2.62. The molecule has 0 N–H and O–H groups in total. The highest BCUT2D eigenvalue weighted by Crippen LogP contribution is 2.29. The number of halogens is 1. The van der Waals surface area contributed by atoms with Crippen LogP contribution in [0.25, 0.3) is 16.7 Å². The van der Waals surface area contributed by atoms with Gasteiger partial charge < -0.3 is 14.0 Å². The lowest BCUT2D eigenvalue weighted by Gasteiger charge is -2.13. The average molecular weight is 387 g/mol. The van der Waals surface area contributed by atoms with Crippen molar-refractivity contribution in [3.8, 4) is 11.6 Å². The molecule has 0 radical (unpaired) electrons. The number of nitro groups is 1. The summed E-state index contributed by atoms with van der Waals surface area (Å²) in [5, 5.41) is 11.1. The van der Waals surface area contributed by atoms with E-state index in [-0.39, 0.29) is 29.1 Å². The van der Waals surface area contributed by atoms with Gasteiger partial charge in [-0.05, 0) is 31.2 Å². The number of rotatable bonds is 5. The highest BCUT2D eigenvalue weighted by molar-refractivity contribution is 5.94. The van der Waals surface area contributed by atoms with Gasteiger partial charge in [0.2, 0.25) is 5.43 Å². The number of methoxy groups -OCH3 is 1. The van der Waals surface area contributed by atoms with E-state index >= 15 is 0 Å². The van der Waals surface area contributed by atoms with Gasteiger partial charge in [0.15, 0.2) is 5.65 Å². The zero-order valence-electron chi connectivity index (χ0n) is 14.8. The summed E-state index contributed by atoms with van der Waals surface area (Å²) in [5.74, 6) is -1.68. The van der Waals surface area contributed by atoms with Crippen LogP contribution in [0.4, 0.5) is 10.1 Å². The highest BCUT2D eigenvalue weighted by atomic mass is 19.1. The van der Waals surface area contributed by atoms with E-state index in [0.29, 0.717) is 5.69 Å². The quantitative estimate of drug-likeness (QED) is 0.376. The van der Waals surface area contributed by atoms with Gasteiger partial charge in [-0.2, -0.15) is 4.98 Å². The molecule has 0 amide bonds. The van der Waals surface area contributed by atoms with Crippen LogP contribution in [0.2, 0.25) is 0 Å². The molecule has 0 fully saturated rings. The number of carbonyl (C=O) groups excluding carboxylic acids is 1. The Balaban J connectivity index is 2.43. The Labute approximate surface area is 157 Å². The summed E-state index contributed by atoms with van der Waals surface area (Å²) >= 11 is 0. The summed E-state index contributed by atoms with van der Waals surface area (Å²) in [4.78, 5) is 39.6. The molecule has 0 spiro atoms. The summed E-state index contributed by atoms with van der Waals surface area (Å²) in [7, 11) is 1.20. The molecular formula is C18H14FN3O6. The Morgan fingerprint density at radius 3 is 2.57 bits per heavy atom. The van der Waals surface area contributed by atoms with E-state index in [1.807, 2.05) is 0 Å². The lowest BCUT2D eigenvalue weighted by molar-refractivity contribution is -0.386. The zero-order valence-corrected chi connectivity index (χ0v) is 14.8. The fourth-order valence-electron chi connectivity index (χ4n) is 2.66. The topological polar surface area (TPSA) is 114 Å². The van der Waals surface area contributed by atoms with Crippen LogP contribution in [-0.2, 0) is 4.74 Å². The molecule has 0 unspecified atom stereocenters. The molecule has 0 aliphatic rings. The van der Waals surface area contributed by atoms with E-state index in [0.717, 1.165) is 6.07 Å². The van der Waals surface area contributed by atoms with Gasteiger partial charge in [-0.1, -0.05) is 0 Å². The molecule has 0 aliphatic carbocycles. The van der Waals surface area contributed by atoms with Crippen LogP contribution in [0, 0.1) is 15.9 Å². The molecule has 0 saturated heterocycles. The summed E-state index contributed by atoms with van der Waals surface area (Å²) < 4.78 is 24.5. The van der Waals surface area contributed by atoms with Crippen molar-refractivity contribution < 1.29 is 23.6 Å². The number of benzene rings is 1. The van der Waals surface area contributed by atoms with Crippen molar-refractivity contribution in [1.82, 2.24) is 9.55 Å². The summed E-state index contributed by atoms with van der Waals surface area (Å²) in [6, 6.07) is 6.18. The molecule has 3 aromatic rings. The van der Waals surface area contributed by atoms with E-state index in [4.69, 9.17) is 9.47 Å². The predicted molar refractivity (Wildman–Crippen MR) is 96.5 cm³/mol. The number of hydrogen-bond acceptors (Lipinski definition) is 7. The van der Waals surface area contributed by atoms with Crippen molar-refractivity contribution in [3.63, 3.8) is 0 Å². The minimum absolute atomic E-state index is 0.00658. The second-order valence-electron chi connectivity index (χ2n) is 5.58.